The van der Waals surface area contributed by atoms with E-state index in [0.717, 1.165) is 0 Å². The minimum absolute atomic E-state index is 0.0548. The Morgan fingerprint density at radius 2 is 1.76 bits per heavy atom. The maximum Gasteiger partial charge on any atom is 0.422 e. The Balaban J connectivity index is 2.24. The lowest BCUT2D eigenvalue weighted by Gasteiger charge is -2.20. The van der Waals surface area contributed by atoms with Crippen molar-refractivity contribution in [2.24, 2.45) is 0 Å². The summed E-state index contributed by atoms with van der Waals surface area (Å²) in [4.78, 5) is 0. The Labute approximate surface area is 119 Å². The molecule has 1 heterocycles. The molecule has 1 aromatic rings. The summed E-state index contributed by atoms with van der Waals surface area (Å²) in [6.07, 6.45) is -4.57. The zero-order valence-corrected chi connectivity index (χ0v) is 11.6. The molecule has 1 N–H and O–H groups in total. The van der Waals surface area contributed by atoms with Crippen LogP contribution in [0.2, 0.25) is 0 Å². The Morgan fingerprint density at radius 1 is 1.19 bits per heavy atom. The second kappa shape index (κ2) is 5.88. The van der Waals surface area contributed by atoms with Crippen LogP contribution in [-0.4, -0.2) is 19.2 Å². The van der Waals surface area contributed by atoms with Crippen LogP contribution in [0, 0.1) is 11.6 Å². The molecule has 0 amide bonds. The van der Waals surface area contributed by atoms with Crippen LogP contribution < -0.4 is 5.32 Å². The summed E-state index contributed by atoms with van der Waals surface area (Å²) in [5.41, 5.74) is -1.76. The minimum Gasteiger partial charge on any atom is -0.369 e. The monoisotopic (exact) mass is 309 g/mol. The molecule has 0 saturated carbocycles. The molecular weight excluding hydrogens is 293 g/mol. The maximum atomic E-state index is 13.6. The van der Waals surface area contributed by atoms with Crippen molar-refractivity contribution >= 4 is 0 Å². The molecule has 21 heavy (non-hydrogen) atoms. The van der Waals surface area contributed by atoms with Crippen LogP contribution in [-0.2, 0) is 10.9 Å². The number of hydrogen-bond donors (Lipinski definition) is 1. The van der Waals surface area contributed by atoms with E-state index in [2.05, 4.69) is 5.32 Å². The maximum absolute atomic E-state index is 13.6. The Morgan fingerprint density at radius 3 is 2.24 bits per heavy atom. The fourth-order valence-corrected chi connectivity index (χ4v) is 2.51. The molecule has 0 aromatic heterocycles. The highest BCUT2D eigenvalue weighted by molar-refractivity contribution is 5.30. The molecule has 3 atom stereocenters. The molecule has 0 aliphatic carbocycles. The van der Waals surface area contributed by atoms with Crippen molar-refractivity contribution in [3.8, 4) is 0 Å². The fraction of sp³-hybridized carbons (Fsp3) is 0.571. The number of rotatable bonds is 3. The molecule has 0 unspecified atom stereocenters. The lowest BCUT2D eigenvalue weighted by Crippen LogP contribution is -2.34. The molecule has 0 spiro atoms. The van der Waals surface area contributed by atoms with E-state index in [1.165, 1.54) is 0 Å². The first kappa shape index (κ1) is 16.2. The van der Waals surface area contributed by atoms with Gasteiger partial charge in [-0.15, -0.1) is 0 Å². The van der Waals surface area contributed by atoms with Gasteiger partial charge in [-0.3, -0.25) is 0 Å². The molecule has 1 saturated heterocycles. The molecular formula is C14H16F5NO. The van der Waals surface area contributed by atoms with Gasteiger partial charge in [-0.25, -0.2) is 8.78 Å². The van der Waals surface area contributed by atoms with Gasteiger partial charge < -0.3 is 10.1 Å². The summed E-state index contributed by atoms with van der Waals surface area (Å²) in [7, 11) is 1.76. The van der Waals surface area contributed by atoms with E-state index in [1.54, 1.807) is 7.05 Å². The van der Waals surface area contributed by atoms with Crippen molar-refractivity contribution in [2.45, 2.75) is 44.2 Å². The van der Waals surface area contributed by atoms with Gasteiger partial charge in [0.1, 0.15) is 17.2 Å². The van der Waals surface area contributed by atoms with Crippen LogP contribution in [0.25, 0.3) is 0 Å². The predicted molar refractivity (Wildman–Crippen MR) is 66.7 cm³/mol. The van der Waals surface area contributed by atoms with Crippen LogP contribution in [0.1, 0.15) is 37.0 Å². The molecule has 0 radical (unpaired) electrons. The SMILES string of the molecule is CN[C@@H](C)[C@@H]1CC[C@H](c2cc(F)c(C(F)(F)F)c(F)c2)O1. The van der Waals surface area contributed by atoms with E-state index in [9.17, 15) is 22.0 Å². The van der Waals surface area contributed by atoms with Crippen LogP contribution in [0.5, 0.6) is 0 Å². The largest absolute Gasteiger partial charge is 0.422 e. The number of benzene rings is 1. The normalized spacial score (nSPS) is 24.3. The van der Waals surface area contributed by atoms with Crippen LogP contribution in [0.15, 0.2) is 12.1 Å². The summed E-state index contributed by atoms with van der Waals surface area (Å²) < 4.78 is 70.3. The molecule has 1 aliphatic rings. The molecule has 1 aromatic carbocycles. The number of nitrogens with one attached hydrogen (secondary N) is 1. The van der Waals surface area contributed by atoms with E-state index in [0.29, 0.717) is 25.0 Å². The third-order valence-electron chi connectivity index (χ3n) is 3.79. The van der Waals surface area contributed by atoms with Crippen molar-refractivity contribution in [1.29, 1.82) is 0 Å². The van der Waals surface area contributed by atoms with Gasteiger partial charge in [0.15, 0.2) is 0 Å². The van der Waals surface area contributed by atoms with Gasteiger partial charge in [-0.05, 0) is 44.5 Å². The summed E-state index contributed by atoms with van der Waals surface area (Å²) >= 11 is 0. The number of halogens is 5. The average molecular weight is 309 g/mol. The van der Waals surface area contributed by atoms with Crippen LogP contribution >= 0.6 is 0 Å². The van der Waals surface area contributed by atoms with E-state index in [1.807, 2.05) is 6.92 Å². The highest BCUT2D eigenvalue weighted by Crippen LogP contribution is 2.38. The van der Waals surface area contributed by atoms with Gasteiger partial charge >= 0.3 is 6.18 Å². The summed E-state index contributed by atoms with van der Waals surface area (Å²) in [5, 5.41) is 3.01. The molecule has 2 rings (SSSR count). The average Bonchev–Trinajstić information content (AvgIpc) is 2.84. The zero-order valence-electron chi connectivity index (χ0n) is 11.6. The summed E-state index contributed by atoms with van der Waals surface area (Å²) in [5.74, 6) is -3.21. The minimum atomic E-state index is -5.05. The molecule has 1 aliphatic heterocycles. The molecule has 2 nitrogen and oxygen atoms in total. The van der Waals surface area contributed by atoms with Crippen molar-refractivity contribution < 1.29 is 26.7 Å². The number of hydrogen-bond acceptors (Lipinski definition) is 2. The number of ether oxygens (including phenoxy) is 1. The number of alkyl halides is 3. The zero-order chi connectivity index (χ0) is 15.8. The first-order chi connectivity index (χ1) is 9.74. The van der Waals surface area contributed by atoms with Crippen molar-refractivity contribution in [2.75, 3.05) is 7.05 Å². The van der Waals surface area contributed by atoms with Crippen LogP contribution in [0.3, 0.4) is 0 Å². The Kier molecular flexibility index (Phi) is 4.53. The summed E-state index contributed by atoms with van der Waals surface area (Å²) in [6, 6.07) is 1.48. The van der Waals surface area contributed by atoms with Gasteiger partial charge in [0.2, 0.25) is 0 Å². The van der Waals surface area contributed by atoms with Crippen molar-refractivity contribution in [3.05, 3.63) is 34.9 Å². The van der Waals surface area contributed by atoms with Crippen LogP contribution in [0.4, 0.5) is 22.0 Å². The van der Waals surface area contributed by atoms with Gasteiger partial charge in [-0.1, -0.05) is 0 Å². The second-order valence-electron chi connectivity index (χ2n) is 5.18. The van der Waals surface area contributed by atoms with E-state index in [4.69, 9.17) is 4.74 Å². The molecule has 0 bridgehead atoms. The Bertz CT molecular complexity index is 494. The van der Waals surface area contributed by atoms with Gasteiger partial charge in [0, 0.05) is 6.04 Å². The van der Waals surface area contributed by atoms with E-state index in [-0.39, 0.29) is 17.7 Å². The molecule has 7 heteroatoms. The lowest BCUT2D eigenvalue weighted by atomic mass is 10.0. The molecule has 1 fully saturated rings. The standard InChI is InChI=1S/C14H16F5NO/c1-7(20-2)11-3-4-12(21-11)8-5-9(15)13(10(16)6-8)14(17,18)19/h5-7,11-12,20H,3-4H2,1-2H3/t7-,11-,12+/m0/s1. The topological polar surface area (TPSA) is 21.3 Å². The summed E-state index contributed by atoms with van der Waals surface area (Å²) in [6.45, 7) is 1.90. The van der Waals surface area contributed by atoms with Gasteiger partial charge in [0.25, 0.3) is 0 Å². The number of likely N-dealkylation sites (N-methyl/N-ethyl adjacent to an activating group) is 1. The second-order valence-corrected chi connectivity index (χ2v) is 5.18. The smallest absolute Gasteiger partial charge is 0.369 e. The third kappa shape index (κ3) is 3.35. The van der Waals surface area contributed by atoms with Gasteiger partial charge in [0.05, 0.1) is 12.2 Å². The highest BCUT2D eigenvalue weighted by atomic mass is 19.4. The first-order valence-electron chi connectivity index (χ1n) is 6.63. The quantitative estimate of drug-likeness (QED) is 0.857. The van der Waals surface area contributed by atoms with E-state index >= 15 is 0 Å². The van der Waals surface area contributed by atoms with Crippen molar-refractivity contribution in [1.82, 2.24) is 5.32 Å². The third-order valence-corrected chi connectivity index (χ3v) is 3.79. The Hall–Kier alpha value is -1.21. The first-order valence-corrected chi connectivity index (χ1v) is 6.63. The fourth-order valence-electron chi connectivity index (χ4n) is 2.51. The van der Waals surface area contributed by atoms with E-state index < -0.39 is 29.5 Å². The van der Waals surface area contributed by atoms with Gasteiger partial charge in [-0.2, -0.15) is 13.2 Å². The predicted octanol–water partition coefficient (Wildman–Crippen LogP) is 3.81. The van der Waals surface area contributed by atoms with Crippen molar-refractivity contribution in [3.63, 3.8) is 0 Å². The highest BCUT2D eigenvalue weighted by Gasteiger charge is 2.39. The molecule has 118 valence electrons. The lowest BCUT2D eigenvalue weighted by molar-refractivity contribution is -0.142.